The maximum absolute atomic E-state index is 15.5. The highest BCUT2D eigenvalue weighted by atomic mass is 19.1. The zero-order chi connectivity index (χ0) is 32.0. The van der Waals surface area contributed by atoms with E-state index < -0.39 is 35.1 Å². The number of methoxy groups -OCH3 is 1. The van der Waals surface area contributed by atoms with Crippen LogP contribution in [0.15, 0.2) is 36.4 Å². The number of fused-ring (bicyclic) bond motifs is 2. The van der Waals surface area contributed by atoms with Gasteiger partial charge >= 0.3 is 6.09 Å². The van der Waals surface area contributed by atoms with Crippen LogP contribution in [0.1, 0.15) is 50.3 Å². The Bertz CT molecular complexity index is 1500. The van der Waals surface area contributed by atoms with Gasteiger partial charge in [0.15, 0.2) is 5.60 Å². The Hall–Kier alpha value is -3.56. The van der Waals surface area contributed by atoms with E-state index in [9.17, 15) is 14.9 Å². The lowest BCUT2D eigenvalue weighted by molar-refractivity contribution is -0.164. The van der Waals surface area contributed by atoms with Crippen molar-refractivity contribution < 1.29 is 32.9 Å². The fourth-order valence-corrected chi connectivity index (χ4v) is 6.62. The van der Waals surface area contributed by atoms with Crippen LogP contribution in [0.25, 0.3) is 11.1 Å². The predicted molar refractivity (Wildman–Crippen MR) is 163 cm³/mol. The second kappa shape index (κ2) is 12.0. The molecule has 2 aromatic carbocycles. The number of likely N-dealkylation sites (tertiary alicyclic amines) is 2. The Balaban J connectivity index is 1.10. The number of rotatable bonds is 7. The van der Waals surface area contributed by atoms with Crippen molar-refractivity contribution in [3.05, 3.63) is 58.9 Å². The molecule has 240 valence electrons. The third kappa shape index (κ3) is 6.17. The van der Waals surface area contributed by atoms with E-state index in [0.29, 0.717) is 18.2 Å². The summed E-state index contributed by atoms with van der Waals surface area (Å²) >= 11 is 0. The summed E-state index contributed by atoms with van der Waals surface area (Å²) in [7, 11) is 1.38. The Morgan fingerprint density at radius 3 is 2.42 bits per heavy atom. The van der Waals surface area contributed by atoms with Crippen molar-refractivity contribution in [2.45, 2.75) is 75.5 Å². The molecule has 0 radical (unpaired) electrons. The largest absolute Gasteiger partial charge is 0.444 e. The molecule has 4 aliphatic rings. The minimum atomic E-state index is -1.30. The second-order valence-corrected chi connectivity index (χ2v) is 13.6. The number of amides is 2. The van der Waals surface area contributed by atoms with Gasteiger partial charge < -0.3 is 29.2 Å². The van der Waals surface area contributed by atoms with Gasteiger partial charge in [0.1, 0.15) is 17.5 Å². The maximum Gasteiger partial charge on any atom is 0.410 e. The van der Waals surface area contributed by atoms with Crippen molar-refractivity contribution in [1.29, 1.82) is 5.26 Å². The van der Waals surface area contributed by atoms with Gasteiger partial charge in [0.25, 0.3) is 5.91 Å². The van der Waals surface area contributed by atoms with Crippen LogP contribution >= 0.6 is 0 Å². The van der Waals surface area contributed by atoms with E-state index >= 15 is 4.39 Å². The average Bonchev–Trinajstić information content (AvgIpc) is 3.29. The van der Waals surface area contributed by atoms with Crippen molar-refractivity contribution in [2.75, 3.05) is 46.5 Å². The van der Waals surface area contributed by atoms with Crippen molar-refractivity contribution >= 4 is 12.0 Å². The third-order valence-corrected chi connectivity index (χ3v) is 9.47. The predicted octanol–water partition coefficient (Wildman–Crippen LogP) is 3.90. The normalized spacial score (nSPS) is 21.3. The quantitative estimate of drug-likeness (QED) is 0.496. The highest BCUT2D eigenvalue weighted by molar-refractivity contribution is 5.89. The number of halogens is 1. The lowest BCUT2D eigenvalue weighted by Crippen LogP contribution is -2.71. The number of hydrogen-bond acceptors (Lipinski definition) is 8. The standard InChI is InChI=1S/C34H41FN4O6/c1-32(2,3)45-31(41)39-20-34(21-39,42-4)30(40)37-26(16-36)13-24-7-5-23(15-29(24)35)22-6-8-25-17-44-33(28(25)14-22)9-11-38(12-10-33)27-18-43-19-27/h5-8,14-15,26-27H,9-13,17-21H2,1-4H3,(H,37,40)/t26-/m0/s1. The molecular formula is C34H41FN4O6. The summed E-state index contributed by atoms with van der Waals surface area (Å²) < 4.78 is 38.1. The minimum Gasteiger partial charge on any atom is -0.444 e. The first-order valence-electron chi connectivity index (χ1n) is 15.6. The van der Waals surface area contributed by atoms with E-state index in [4.69, 9.17) is 18.9 Å². The van der Waals surface area contributed by atoms with E-state index in [0.717, 1.165) is 50.3 Å². The lowest BCUT2D eigenvalue weighted by Gasteiger charge is -2.47. The molecule has 45 heavy (non-hydrogen) atoms. The third-order valence-electron chi connectivity index (χ3n) is 9.47. The van der Waals surface area contributed by atoms with Crippen LogP contribution in [0.3, 0.4) is 0 Å². The Morgan fingerprint density at radius 2 is 1.82 bits per heavy atom. The first-order chi connectivity index (χ1) is 21.4. The molecule has 1 atom stereocenters. The molecule has 3 fully saturated rings. The zero-order valence-corrected chi connectivity index (χ0v) is 26.4. The molecule has 10 nitrogen and oxygen atoms in total. The van der Waals surface area contributed by atoms with E-state index in [-0.39, 0.29) is 25.1 Å². The topological polar surface area (TPSA) is 113 Å². The van der Waals surface area contributed by atoms with Gasteiger partial charge in [-0.3, -0.25) is 9.69 Å². The minimum absolute atomic E-state index is 0.00765. The summed E-state index contributed by atoms with van der Waals surface area (Å²) in [6.07, 6.45) is 1.27. The van der Waals surface area contributed by atoms with Crippen LogP contribution in [0.4, 0.5) is 9.18 Å². The van der Waals surface area contributed by atoms with Gasteiger partial charge in [-0.2, -0.15) is 5.26 Å². The lowest BCUT2D eigenvalue weighted by atomic mass is 9.82. The smallest absolute Gasteiger partial charge is 0.410 e. The van der Waals surface area contributed by atoms with E-state index in [1.165, 1.54) is 29.2 Å². The number of benzene rings is 2. The SMILES string of the molecule is COC1(C(=O)N[C@H](C#N)Cc2ccc(-c3ccc4c(c3)C3(CCN(C5COC5)CC3)OC4)cc2F)CN(C(=O)OC(C)(C)C)C1. The summed E-state index contributed by atoms with van der Waals surface area (Å²) in [6.45, 7) is 9.39. The first-order valence-corrected chi connectivity index (χ1v) is 15.6. The van der Waals surface area contributed by atoms with Crippen molar-refractivity contribution in [3.63, 3.8) is 0 Å². The van der Waals surface area contributed by atoms with Crippen LogP contribution < -0.4 is 5.32 Å². The van der Waals surface area contributed by atoms with Gasteiger partial charge in [-0.15, -0.1) is 0 Å². The van der Waals surface area contributed by atoms with E-state index in [1.807, 2.05) is 12.1 Å². The number of hydrogen-bond donors (Lipinski definition) is 1. The Morgan fingerprint density at radius 1 is 1.13 bits per heavy atom. The molecule has 4 aliphatic heterocycles. The fourth-order valence-electron chi connectivity index (χ4n) is 6.62. The van der Waals surface area contributed by atoms with Crippen molar-refractivity contribution in [2.24, 2.45) is 0 Å². The van der Waals surface area contributed by atoms with Gasteiger partial charge in [-0.25, -0.2) is 9.18 Å². The fraction of sp³-hybridized carbons (Fsp3) is 0.559. The summed E-state index contributed by atoms with van der Waals surface area (Å²) in [5.74, 6) is -0.986. The van der Waals surface area contributed by atoms with Gasteiger partial charge in [-0.05, 0) is 73.6 Å². The van der Waals surface area contributed by atoms with Crippen LogP contribution in [0, 0.1) is 17.1 Å². The van der Waals surface area contributed by atoms with Crippen LogP contribution in [-0.2, 0) is 42.4 Å². The molecule has 0 aromatic heterocycles. The molecule has 2 amide bonds. The summed E-state index contributed by atoms with van der Waals surface area (Å²) in [5, 5.41) is 12.5. The van der Waals surface area contributed by atoms with Gasteiger partial charge in [0, 0.05) is 26.6 Å². The zero-order valence-electron chi connectivity index (χ0n) is 26.4. The Labute approximate surface area is 263 Å². The van der Waals surface area contributed by atoms with Crippen LogP contribution in [-0.4, -0.2) is 91.6 Å². The highest BCUT2D eigenvalue weighted by Crippen LogP contribution is 2.46. The van der Waals surface area contributed by atoms with Crippen molar-refractivity contribution in [3.8, 4) is 17.2 Å². The monoisotopic (exact) mass is 620 g/mol. The molecule has 0 bridgehead atoms. The van der Waals surface area contributed by atoms with E-state index in [2.05, 4.69) is 28.4 Å². The summed E-state index contributed by atoms with van der Waals surface area (Å²) in [4.78, 5) is 29.3. The number of carbonyl (C=O) groups is 2. The molecule has 11 heteroatoms. The van der Waals surface area contributed by atoms with E-state index in [1.54, 1.807) is 26.8 Å². The molecule has 4 heterocycles. The number of piperidine rings is 1. The summed E-state index contributed by atoms with van der Waals surface area (Å²) in [6, 6.07) is 12.8. The molecule has 0 unspecified atom stereocenters. The molecular weight excluding hydrogens is 579 g/mol. The van der Waals surface area contributed by atoms with Crippen LogP contribution in [0.5, 0.6) is 0 Å². The number of ether oxygens (including phenoxy) is 4. The number of nitriles is 1. The number of nitrogens with zero attached hydrogens (tertiary/aromatic N) is 3. The van der Waals surface area contributed by atoms with Gasteiger partial charge in [0.2, 0.25) is 0 Å². The Kier molecular flexibility index (Phi) is 8.37. The maximum atomic E-state index is 15.5. The molecule has 6 rings (SSSR count). The van der Waals surface area contributed by atoms with Crippen LogP contribution in [0.2, 0.25) is 0 Å². The number of carbonyl (C=O) groups excluding carboxylic acids is 2. The molecule has 0 aliphatic carbocycles. The first kappa shape index (κ1) is 31.4. The molecule has 1 spiro atoms. The molecule has 2 aromatic rings. The van der Waals surface area contributed by atoms with Crippen molar-refractivity contribution in [1.82, 2.24) is 15.1 Å². The molecule has 1 N–H and O–H groups in total. The second-order valence-electron chi connectivity index (χ2n) is 13.6. The number of nitrogens with one attached hydrogen (secondary N) is 1. The van der Waals surface area contributed by atoms with Gasteiger partial charge in [-0.1, -0.05) is 24.3 Å². The van der Waals surface area contributed by atoms with Gasteiger partial charge in [0.05, 0.1) is 50.6 Å². The average molecular weight is 621 g/mol. The highest BCUT2D eigenvalue weighted by Gasteiger charge is 2.53. The summed E-state index contributed by atoms with van der Waals surface area (Å²) in [5.41, 5.74) is 2.04. The molecule has 0 saturated carbocycles. The molecule has 3 saturated heterocycles.